The summed E-state index contributed by atoms with van der Waals surface area (Å²) < 4.78 is 1.55. The van der Waals surface area contributed by atoms with Gasteiger partial charge in [0.05, 0.1) is 18.3 Å². The fourth-order valence-electron chi connectivity index (χ4n) is 1.11. The average Bonchev–Trinajstić information content (AvgIpc) is 2.55. The van der Waals surface area contributed by atoms with Crippen LogP contribution in [0.15, 0.2) is 6.20 Å². The molecule has 4 N–H and O–H groups in total. The van der Waals surface area contributed by atoms with Crippen LogP contribution in [0.3, 0.4) is 0 Å². The van der Waals surface area contributed by atoms with Crippen molar-refractivity contribution in [3.63, 3.8) is 0 Å². The van der Waals surface area contributed by atoms with Crippen molar-refractivity contribution in [1.29, 1.82) is 0 Å². The Labute approximate surface area is 92.2 Å². The average molecular weight is 226 g/mol. The van der Waals surface area contributed by atoms with E-state index in [1.54, 1.807) is 18.7 Å². The maximum absolute atomic E-state index is 11.6. The molecule has 0 radical (unpaired) electrons. The highest BCUT2D eigenvalue weighted by molar-refractivity contribution is 5.95. The predicted octanol–water partition coefficient (Wildman–Crippen LogP) is -1.70. The summed E-state index contributed by atoms with van der Waals surface area (Å²) in [5.41, 5.74) is 5.94. The standard InChI is InChI=1S/C9H14N4O3/c1-5-6(3-12-13(5)2)9(16)11-4-7(14)8(10)15/h3,7,14H,4H2,1-2H3,(H2,10,15)(H,11,16). The number of nitrogens with zero attached hydrogens (tertiary/aromatic N) is 2. The molecule has 1 atom stereocenters. The fraction of sp³-hybridized carbons (Fsp3) is 0.444. The molecule has 0 aliphatic rings. The van der Waals surface area contributed by atoms with Gasteiger partial charge in [0.1, 0.15) is 6.10 Å². The molecule has 7 nitrogen and oxygen atoms in total. The summed E-state index contributed by atoms with van der Waals surface area (Å²) in [5, 5.41) is 15.4. The Bertz CT molecular complexity index is 413. The van der Waals surface area contributed by atoms with E-state index < -0.39 is 17.9 Å². The summed E-state index contributed by atoms with van der Waals surface area (Å²) in [6.07, 6.45) is 0.0438. The number of aliphatic hydroxyl groups excluding tert-OH is 1. The van der Waals surface area contributed by atoms with E-state index in [-0.39, 0.29) is 6.54 Å². The SMILES string of the molecule is Cc1c(C(=O)NCC(O)C(N)=O)cnn1C. The van der Waals surface area contributed by atoms with Crippen LogP contribution in [0.25, 0.3) is 0 Å². The van der Waals surface area contributed by atoms with Gasteiger partial charge in [-0.3, -0.25) is 14.3 Å². The lowest BCUT2D eigenvalue weighted by Gasteiger charge is -2.07. The summed E-state index contributed by atoms with van der Waals surface area (Å²) in [4.78, 5) is 22.1. The lowest BCUT2D eigenvalue weighted by molar-refractivity contribution is -0.125. The largest absolute Gasteiger partial charge is 0.381 e. The van der Waals surface area contributed by atoms with E-state index in [2.05, 4.69) is 10.4 Å². The van der Waals surface area contributed by atoms with Gasteiger partial charge in [0, 0.05) is 12.7 Å². The van der Waals surface area contributed by atoms with Gasteiger partial charge >= 0.3 is 0 Å². The Balaban J connectivity index is 2.60. The number of nitrogens with one attached hydrogen (secondary N) is 1. The number of aliphatic hydroxyl groups is 1. The molecule has 0 aliphatic carbocycles. The lowest BCUT2D eigenvalue weighted by Crippen LogP contribution is -2.40. The summed E-state index contributed by atoms with van der Waals surface area (Å²) in [5.74, 6) is -1.27. The number of amides is 2. The van der Waals surface area contributed by atoms with E-state index in [0.717, 1.165) is 0 Å². The van der Waals surface area contributed by atoms with Crippen molar-refractivity contribution >= 4 is 11.8 Å². The first kappa shape index (κ1) is 12.2. The Hall–Kier alpha value is -1.89. The number of aryl methyl sites for hydroxylation is 1. The van der Waals surface area contributed by atoms with Gasteiger partial charge in [-0.1, -0.05) is 0 Å². The number of hydrogen-bond donors (Lipinski definition) is 3. The maximum Gasteiger partial charge on any atom is 0.254 e. The number of hydrogen-bond acceptors (Lipinski definition) is 4. The molecule has 7 heteroatoms. The molecule has 0 bridgehead atoms. The van der Waals surface area contributed by atoms with Crippen molar-refractivity contribution in [2.75, 3.05) is 6.54 Å². The Kier molecular flexibility index (Phi) is 3.62. The van der Waals surface area contributed by atoms with Crippen LogP contribution in [0.5, 0.6) is 0 Å². The minimum atomic E-state index is -1.37. The quantitative estimate of drug-likeness (QED) is 0.568. The number of nitrogens with two attached hydrogens (primary N) is 1. The van der Waals surface area contributed by atoms with Crippen LogP contribution < -0.4 is 11.1 Å². The second kappa shape index (κ2) is 4.75. The van der Waals surface area contributed by atoms with E-state index in [4.69, 9.17) is 10.8 Å². The summed E-state index contributed by atoms with van der Waals surface area (Å²) >= 11 is 0. The monoisotopic (exact) mass is 226 g/mol. The molecule has 0 aromatic carbocycles. The van der Waals surface area contributed by atoms with Gasteiger partial charge in [-0.2, -0.15) is 5.10 Å². The predicted molar refractivity (Wildman–Crippen MR) is 55.5 cm³/mol. The van der Waals surface area contributed by atoms with E-state index in [1.807, 2.05) is 0 Å². The normalized spacial score (nSPS) is 12.2. The van der Waals surface area contributed by atoms with Crippen LogP contribution >= 0.6 is 0 Å². The highest BCUT2D eigenvalue weighted by Crippen LogP contribution is 2.04. The highest BCUT2D eigenvalue weighted by Gasteiger charge is 2.16. The van der Waals surface area contributed by atoms with E-state index in [1.165, 1.54) is 6.20 Å². The minimum absolute atomic E-state index is 0.206. The van der Waals surface area contributed by atoms with Crippen molar-refractivity contribution in [2.45, 2.75) is 13.0 Å². The molecule has 0 spiro atoms. The van der Waals surface area contributed by atoms with E-state index >= 15 is 0 Å². The number of carbonyl (C=O) groups is 2. The van der Waals surface area contributed by atoms with E-state index in [0.29, 0.717) is 11.3 Å². The van der Waals surface area contributed by atoms with Crippen LogP contribution in [0.2, 0.25) is 0 Å². The first-order valence-electron chi connectivity index (χ1n) is 4.67. The Morgan fingerprint density at radius 1 is 1.69 bits per heavy atom. The molecule has 1 aromatic heterocycles. The zero-order valence-corrected chi connectivity index (χ0v) is 9.10. The van der Waals surface area contributed by atoms with Crippen LogP contribution in [0.1, 0.15) is 16.1 Å². The molecule has 1 rings (SSSR count). The first-order valence-corrected chi connectivity index (χ1v) is 4.67. The molecule has 1 aromatic rings. The number of carbonyl (C=O) groups excluding carboxylic acids is 2. The topological polar surface area (TPSA) is 110 Å². The lowest BCUT2D eigenvalue weighted by atomic mass is 10.2. The van der Waals surface area contributed by atoms with Crippen molar-refractivity contribution in [3.05, 3.63) is 17.5 Å². The van der Waals surface area contributed by atoms with Gasteiger partial charge in [-0.15, -0.1) is 0 Å². The molecule has 2 amide bonds. The number of rotatable bonds is 4. The van der Waals surface area contributed by atoms with Crippen LogP contribution in [-0.4, -0.2) is 39.4 Å². The first-order chi connectivity index (χ1) is 7.43. The number of primary amides is 1. The molecule has 1 unspecified atom stereocenters. The third kappa shape index (κ3) is 2.57. The molecule has 0 fully saturated rings. The van der Waals surface area contributed by atoms with Gasteiger partial charge in [-0.05, 0) is 6.92 Å². The molecular weight excluding hydrogens is 212 g/mol. The van der Waals surface area contributed by atoms with Crippen LogP contribution in [0, 0.1) is 6.92 Å². The van der Waals surface area contributed by atoms with Crippen molar-refractivity contribution in [1.82, 2.24) is 15.1 Å². The van der Waals surface area contributed by atoms with Gasteiger partial charge < -0.3 is 16.2 Å². The fourth-order valence-corrected chi connectivity index (χ4v) is 1.11. The maximum atomic E-state index is 11.6. The molecule has 1 heterocycles. The molecule has 0 aliphatic heterocycles. The third-order valence-corrected chi connectivity index (χ3v) is 2.26. The van der Waals surface area contributed by atoms with Gasteiger partial charge in [-0.25, -0.2) is 0 Å². The Morgan fingerprint density at radius 2 is 2.31 bits per heavy atom. The van der Waals surface area contributed by atoms with Gasteiger partial charge in [0.15, 0.2) is 0 Å². The summed E-state index contributed by atoms with van der Waals surface area (Å²) in [7, 11) is 1.71. The summed E-state index contributed by atoms with van der Waals surface area (Å²) in [6, 6.07) is 0. The molecule has 0 saturated carbocycles. The van der Waals surface area contributed by atoms with Gasteiger partial charge in [0.2, 0.25) is 5.91 Å². The molecule has 88 valence electrons. The molecule has 16 heavy (non-hydrogen) atoms. The Morgan fingerprint density at radius 3 is 2.75 bits per heavy atom. The van der Waals surface area contributed by atoms with E-state index in [9.17, 15) is 9.59 Å². The highest BCUT2D eigenvalue weighted by atomic mass is 16.3. The summed E-state index contributed by atoms with van der Waals surface area (Å²) in [6.45, 7) is 1.54. The van der Waals surface area contributed by atoms with Crippen LogP contribution in [0.4, 0.5) is 0 Å². The smallest absolute Gasteiger partial charge is 0.254 e. The second-order valence-corrected chi connectivity index (χ2v) is 3.40. The van der Waals surface area contributed by atoms with Crippen molar-refractivity contribution < 1.29 is 14.7 Å². The van der Waals surface area contributed by atoms with Crippen LogP contribution in [-0.2, 0) is 11.8 Å². The third-order valence-electron chi connectivity index (χ3n) is 2.26. The molecular formula is C9H14N4O3. The van der Waals surface area contributed by atoms with Crippen molar-refractivity contribution in [3.8, 4) is 0 Å². The van der Waals surface area contributed by atoms with Gasteiger partial charge in [0.25, 0.3) is 5.91 Å². The van der Waals surface area contributed by atoms with Crippen molar-refractivity contribution in [2.24, 2.45) is 12.8 Å². The molecule has 0 saturated heterocycles. The number of aromatic nitrogens is 2. The minimum Gasteiger partial charge on any atom is -0.381 e. The zero-order valence-electron chi connectivity index (χ0n) is 9.10. The zero-order chi connectivity index (χ0) is 12.3. The second-order valence-electron chi connectivity index (χ2n) is 3.40.